The summed E-state index contributed by atoms with van der Waals surface area (Å²) in [4.78, 5) is 31.5. The fourth-order valence-electron chi connectivity index (χ4n) is 3.39. The van der Waals surface area contributed by atoms with Crippen molar-refractivity contribution in [2.24, 2.45) is 0 Å². The zero-order valence-corrected chi connectivity index (χ0v) is 20.0. The van der Waals surface area contributed by atoms with Crippen LogP contribution in [0.4, 0.5) is 0 Å². The maximum absolute atomic E-state index is 13.4. The summed E-state index contributed by atoms with van der Waals surface area (Å²) < 4.78 is 17.8. The number of Topliss-reactive ketones (excluding diaryl/α,β-unsaturated/α-hetero) is 1. The molecule has 0 fully saturated rings. The van der Waals surface area contributed by atoms with E-state index in [0.29, 0.717) is 38.2 Å². The lowest BCUT2D eigenvalue weighted by Gasteiger charge is -2.11. The van der Waals surface area contributed by atoms with E-state index in [1.165, 1.54) is 34.8 Å². The van der Waals surface area contributed by atoms with Crippen molar-refractivity contribution in [3.05, 3.63) is 70.0 Å². The Bertz CT molecular complexity index is 1400. The first-order valence-electron chi connectivity index (χ1n) is 10.0. The van der Waals surface area contributed by atoms with Gasteiger partial charge in [0, 0.05) is 23.1 Å². The van der Waals surface area contributed by atoms with Crippen LogP contribution in [0.25, 0.3) is 21.5 Å². The summed E-state index contributed by atoms with van der Waals surface area (Å²) in [6.45, 7) is 5.90. The molecule has 0 spiro atoms. The number of aromatic nitrogens is 2. The quantitative estimate of drug-likeness (QED) is 0.140. The molecule has 0 atom stereocenters. The highest BCUT2D eigenvalue weighted by atomic mass is 32.2. The Hall–Kier alpha value is -3.30. The van der Waals surface area contributed by atoms with Gasteiger partial charge in [-0.1, -0.05) is 17.8 Å². The minimum atomic E-state index is -0.189. The third-order valence-corrected chi connectivity index (χ3v) is 6.86. The van der Waals surface area contributed by atoms with Gasteiger partial charge in [0.05, 0.1) is 25.4 Å². The number of ketones is 1. The van der Waals surface area contributed by atoms with Crippen LogP contribution in [0.1, 0.15) is 16.1 Å². The molecule has 0 aliphatic carbocycles. The molecule has 7 nitrogen and oxygen atoms in total. The highest BCUT2D eigenvalue weighted by Gasteiger charge is 2.20. The normalized spacial score (nSPS) is 11.0. The summed E-state index contributed by atoms with van der Waals surface area (Å²) in [5.74, 6) is 2.43. The van der Waals surface area contributed by atoms with Crippen molar-refractivity contribution in [1.29, 1.82) is 0 Å². The number of fused-ring (bicyclic) bond motifs is 1. The molecule has 0 saturated carbocycles. The Labute approximate surface area is 198 Å². The molecular formula is C24H22N2O5S2. The molecule has 0 saturated heterocycles. The Balaban J connectivity index is 1.66. The zero-order valence-electron chi connectivity index (χ0n) is 18.4. The number of hydrogen-bond donors (Lipinski definition) is 0. The number of furan rings is 1. The third kappa shape index (κ3) is 4.46. The van der Waals surface area contributed by atoms with Crippen LogP contribution in [0, 0.1) is 6.92 Å². The van der Waals surface area contributed by atoms with E-state index in [-0.39, 0.29) is 23.6 Å². The fourth-order valence-corrected chi connectivity index (χ4v) is 5.26. The van der Waals surface area contributed by atoms with Crippen molar-refractivity contribution in [2.75, 3.05) is 20.0 Å². The van der Waals surface area contributed by atoms with Gasteiger partial charge in [0.15, 0.2) is 22.4 Å². The molecule has 3 aromatic heterocycles. The molecule has 0 amide bonds. The summed E-state index contributed by atoms with van der Waals surface area (Å²) >= 11 is 2.59. The van der Waals surface area contributed by atoms with Gasteiger partial charge in [-0.15, -0.1) is 17.9 Å². The molecule has 33 heavy (non-hydrogen) atoms. The molecule has 0 radical (unpaired) electrons. The molecule has 170 valence electrons. The largest absolute Gasteiger partial charge is 0.493 e. The monoisotopic (exact) mass is 482 g/mol. The lowest BCUT2D eigenvalue weighted by atomic mass is 10.1. The zero-order chi connectivity index (χ0) is 23.5. The first kappa shape index (κ1) is 22.9. The number of nitrogens with zero attached hydrogens (tertiary/aromatic N) is 2. The van der Waals surface area contributed by atoms with Crippen molar-refractivity contribution >= 4 is 39.1 Å². The number of carbonyl (C=O) groups is 1. The van der Waals surface area contributed by atoms with Gasteiger partial charge in [0.25, 0.3) is 5.56 Å². The number of thioether (sulfide) groups is 1. The summed E-state index contributed by atoms with van der Waals surface area (Å²) in [5.41, 5.74) is 1.02. The highest BCUT2D eigenvalue weighted by Crippen LogP contribution is 2.33. The molecule has 4 rings (SSSR count). The van der Waals surface area contributed by atoms with Crippen LogP contribution in [0.3, 0.4) is 0 Å². The average molecular weight is 483 g/mol. The molecule has 0 aliphatic heterocycles. The van der Waals surface area contributed by atoms with Crippen LogP contribution >= 0.6 is 23.1 Å². The van der Waals surface area contributed by atoms with Crippen molar-refractivity contribution in [3.8, 4) is 22.8 Å². The van der Waals surface area contributed by atoms with Gasteiger partial charge in [-0.05, 0) is 37.3 Å². The number of methoxy groups -OCH3 is 2. The molecule has 0 aliphatic rings. The predicted octanol–water partition coefficient (Wildman–Crippen LogP) is 5.20. The second-order valence-electron chi connectivity index (χ2n) is 7.12. The van der Waals surface area contributed by atoms with Crippen molar-refractivity contribution in [2.45, 2.75) is 18.6 Å². The molecule has 9 heteroatoms. The van der Waals surface area contributed by atoms with Gasteiger partial charge in [-0.3, -0.25) is 14.2 Å². The predicted molar refractivity (Wildman–Crippen MR) is 131 cm³/mol. The van der Waals surface area contributed by atoms with Gasteiger partial charge < -0.3 is 13.9 Å². The van der Waals surface area contributed by atoms with Crippen LogP contribution in [-0.4, -0.2) is 35.3 Å². The second kappa shape index (κ2) is 9.68. The van der Waals surface area contributed by atoms with E-state index in [4.69, 9.17) is 18.9 Å². The lowest BCUT2D eigenvalue weighted by molar-refractivity contribution is 0.102. The number of benzene rings is 1. The van der Waals surface area contributed by atoms with Crippen LogP contribution in [0.2, 0.25) is 0 Å². The van der Waals surface area contributed by atoms with Gasteiger partial charge in [-0.25, -0.2) is 4.98 Å². The molecule has 0 bridgehead atoms. The van der Waals surface area contributed by atoms with E-state index in [9.17, 15) is 9.59 Å². The number of carbonyl (C=O) groups excluding carboxylic acids is 1. The Morgan fingerprint density at radius 2 is 2.03 bits per heavy atom. The van der Waals surface area contributed by atoms with Crippen LogP contribution in [-0.2, 0) is 6.54 Å². The van der Waals surface area contributed by atoms with Crippen molar-refractivity contribution < 1.29 is 18.7 Å². The maximum atomic E-state index is 13.4. The van der Waals surface area contributed by atoms with Gasteiger partial charge in [0.1, 0.15) is 16.4 Å². The van der Waals surface area contributed by atoms with Crippen LogP contribution in [0.5, 0.6) is 11.5 Å². The number of ether oxygens (including phenoxy) is 2. The van der Waals surface area contributed by atoms with Crippen molar-refractivity contribution in [1.82, 2.24) is 9.55 Å². The third-order valence-electron chi connectivity index (χ3n) is 5.01. The summed E-state index contributed by atoms with van der Waals surface area (Å²) in [7, 11) is 3.06. The molecule has 0 N–H and O–H groups in total. The number of rotatable bonds is 9. The van der Waals surface area contributed by atoms with E-state index < -0.39 is 0 Å². The van der Waals surface area contributed by atoms with E-state index in [2.05, 4.69) is 6.58 Å². The molecular weight excluding hydrogens is 460 g/mol. The van der Waals surface area contributed by atoms with Crippen molar-refractivity contribution in [3.63, 3.8) is 0 Å². The molecule has 1 aromatic carbocycles. The Morgan fingerprint density at radius 3 is 2.70 bits per heavy atom. The minimum Gasteiger partial charge on any atom is -0.493 e. The number of allylic oxidation sites excluding steroid dienone is 1. The van der Waals surface area contributed by atoms with E-state index >= 15 is 0 Å². The first-order valence-corrected chi connectivity index (χ1v) is 11.9. The van der Waals surface area contributed by atoms with Crippen LogP contribution in [0.15, 0.2) is 62.7 Å². The standard InChI is InChI=1S/C24H22N2O5S2/c1-5-10-26-23(28)21-16(18-8-6-14(2)31-18)12-32-22(21)25-24(26)33-13-17(27)15-7-9-19(29-3)20(11-15)30-4/h5-9,11-12H,1,10,13H2,2-4H3. The van der Waals surface area contributed by atoms with Gasteiger partial charge >= 0.3 is 0 Å². The molecule has 0 unspecified atom stereocenters. The maximum Gasteiger partial charge on any atom is 0.263 e. The summed E-state index contributed by atoms with van der Waals surface area (Å²) in [6.07, 6.45) is 1.64. The Kier molecular flexibility index (Phi) is 6.71. The topological polar surface area (TPSA) is 83.6 Å². The van der Waals surface area contributed by atoms with E-state index in [0.717, 1.165) is 11.3 Å². The number of thiophene rings is 1. The first-order chi connectivity index (χ1) is 16.0. The number of aryl methyl sites for hydroxylation is 1. The smallest absolute Gasteiger partial charge is 0.263 e. The molecule has 3 heterocycles. The molecule has 4 aromatic rings. The van der Waals surface area contributed by atoms with Gasteiger partial charge in [-0.2, -0.15) is 0 Å². The Morgan fingerprint density at radius 1 is 1.24 bits per heavy atom. The average Bonchev–Trinajstić information content (AvgIpc) is 3.45. The summed E-state index contributed by atoms with van der Waals surface area (Å²) in [6, 6.07) is 8.73. The minimum absolute atomic E-state index is 0.111. The fraction of sp³-hybridized carbons (Fsp3) is 0.208. The second-order valence-corrected chi connectivity index (χ2v) is 8.92. The van der Waals surface area contributed by atoms with Crippen LogP contribution < -0.4 is 15.0 Å². The number of hydrogen-bond acceptors (Lipinski definition) is 8. The van der Waals surface area contributed by atoms with E-state index in [1.807, 2.05) is 24.4 Å². The lowest BCUT2D eigenvalue weighted by Crippen LogP contribution is -2.23. The summed E-state index contributed by atoms with van der Waals surface area (Å²) in [5, 5.41) is 2.84. The highest BCUT2D eigenvalue weighted by molar-refractivity contribution is 7.99. The van der Waals surface area contributed by atoms with Gasteiger partial charge in [0.2, 0.25) is 0 Å². The SMILES string of the molecule is C=CCn1c(SCC(=O)c2ccc(OC)c(OC)c2)nc2scc(-c3ccc(C)o3)c2c1=O. The van der Waals surface area contributed by atoms with E-state index in [1.54, 1.807) is 31.4 Å².